The van der Waals surface area contributed by atoms with Crippen molar-refractivity contribution in [3.05, 3.63) is 33.5 Å². The van der Waals surface area contributed by atoms with Gasteiger partial charge in [-0.3, -0.25) is 4.79 Å². The molecule has 20 heavy (non-hydrogen) atoms. The van der Waals surface area contributed by atoms with Crippen LogP contribution in [0.3, 0.4) is 0 Å². The fourth-order valence-electron chi connectivity index (χ4n) is 1.62. The van der Waals surface area contributed by atoms with E-state index >= 15 is 0 Å². The summed E-state index contributed by atoms with van der Waals surface area (Å²) in [6.07, 6.45) is 1.60. The highest BCUT2D eigenvalue weighted by Crippen LogP contribution is 2.15. The molecular formula is C11H13N5O3S. The van der Waals surface area contributed by atoms with Crippen LogP contribution in [0.4, 0.5) is 10.9 Å². The number of amides is 1. The second-order valence-corrected chi connectivity index (χ2v) is 5.21. The summed E-state index contributed by atoms with van der Waals surface area (Å²) < 4.78 is 1.46. The second kappa shape index (κ2) is 5.78. The lowest BCUT2D eigenvalue weighted by atomic mass is 10.1. The Morgan fingerprint density at radius 2 is 2.40 bits per heavy atom. The summed E-state index contributed by atoms with van der Waals surface area (Å²) in [5.74, 6) is -0.787. The predicted octanol–water partition coefficient (Wildman–Crippen LogP) is 1.83. The summed E-state index contributed by atoms with van der Waals surface area (Å²) in [4.78, 5) is 26.0. The molecule has 0 saturated carbocycles. The molecule has 2 heterocycles. The van der Waals surface area contributed by atoms with Crippen LogP contribution in [0, 0.1) is 23.0 Å². The Balaban J connectivity index is 2.02. The molecule has 0 radical (unpaired) electrons. The number of rotatable bonds is 5. The van der Waals surface area contributed by atoms with E-state index in [1.54, 1.807) is 25.4 Å². The van der Waals surface area contributed by atoms with Crippen LogP contribution in [0.15, 0.2) is 17.6 Å². The molecule has 2 aromatic rings. The highest BCUT2D eigenvalue weighted by atomic mass is 32.1. The zero-order valence-electron chi connectivity index (χ0n) is 10.9. The molecule has 1 amide bonds. The van der Waals surface area contributed by atoms with Crippen LogP contribution in [0.1, 0.15) is 12.6 Å². The quantitative estimate of drug-likeness (QED) is 0.669. The number of thiazole rings is 1. The first kappa shape index (κ1) is 14.1. The summed E-state index contributed by atoms with van der Waals surface area (Å²) in [6, 6.07) is 1.38. The summed E-state index contributed by atoms with van der Waals surface area (Å²) in [5.41, 5.74) is 0.644. The first-order valence-corrected chi connectivity index (χ1v) is 6.74. The van der Waals surface area contributed by atoms with E-state index < -0.39 is 4.92 Å². The SMILES string of the molecule is Cc1cc([N+](=O)[O-])nn1C[C@@H](C)C(=O)Nc1nccs1. The number of aryl methyl sites for hydroxylation is 1. The van der Waals surface area contributed by atoms with Gasteiger partial charge in [0.15, 0.2) is 5.13 Å². The molecule has 1 N–H and O–H groups in total. The van der Waals surface area contributed by atoms with Crippen LogP contribution in [-0.2, 0) is 11.3 Å². The van der Waals surface area contributed by atoms with Gasteiger partial charge in [-0.2, -0.15) is 4.68 Å². The lowest BCUT2D eigenvalue weighted by Crippen LogP contribution is -2.25. The molecule has 0 aliphatic carbocycles. The number of nitrogens with zero attached hydrogens (tertiary/aromatic N) is 4. The Bertz CT molecular complexity index is 622. The first-order chi connectivity index (χ1) is 9.47. The molecule has 0 saturated heterocycles. The van der Waals surface area contributed by atoms with Gasteiger partial charge in [0, 0.05) is 11.6 Å². The van der Waals surface area contributed by atoms with Crippen LogP contribution in [0.25, 0.3) is 0 Å². The monoisotopic (exact) mass is 295 g/mol. The summed E-state index contributed by atoms with van der Waals surface area (Å²) in [5, 5.41) is 19.5. The van der Waals surface area contributed by atoms with E-state index in [9.17, 15) is 14.9 Å². The summed E-state index contributed by atoms with van der Waals surface area (Å²) in [6.45, 7) is 3.72. The van der Waals surface area contributed by atoms with Crippen LogP contribution in [-0.4, -0.2) is 25.6 Å². The Morgan fingerprint density at radius 1 is 1.65 bits per heavy atom. The molecular weight excluding hydrogens is 282 g/mol. The highest BCUT2D eigenvalue weighted by molar-refractivity contribution is 7.13. The Hall–Kier alpha value is -2.29. The van der Waals surface area contributed by atoms with Crippen LogP contribution in [0.2, 0.25) is 0 Å². The van der Waals surface area contributed by atoms with Crippen LogP contribution in [0.5, 0.6) is 0 Å². The summed E-state index contributed by atoms with van der Waals surface area (Å²) in [7, 11) is 0. The number of aromatic nitrogens is 3. The van der Waals surface area contributed by atoms with Gasteiger partial charge in [0.25, 0.3) is 0 Å². The fourth-order valence-corrected chi connectivity index (χ4v) is 2.15. The molecule has 2 aromatic heterocycles. The first-order valence-electron chi connectivity index (χ1n) is 5.86. The number of anilines is 1. The minimum atomic E-state index is -0.552. The number of hydrogen-bond acceptors (Lipinski definition) is 6. The molecule has 8 nitrogen and oxygen atoms in total. The number of carbonyl (C=O) groups is 1. The van der Waals surface area contributed by atoms with Crippen molar-refractivity contribution in [2.75, 3.05) is 5.32 Å². The van der Waals surface area contributed by atoms with Crippen molar-refractivity contribution in [2.45, 2.75) is 20.4 Å². The van der Waals surface area contributed by atoms with E-state index in [0.29, 0.717) is 10.8 Å². The van der Waals surface area contributed by atoms with E-state index in [0.717, 1.165) is 0 Å². The maximum absolute atomic E-state index is 11.9. The van der Waals surface area contributed by atoms with Crippen molar-refractivity contribution < 1.29 is 9.72 Å². The Labute approximate surface area is 118 Å². The lowest BCUT2D eigenvalue weighted by Gasteiger charge is -2.09. The number of hydrogen-bond donors (Lipinski definition) is 1. The predicted molar refractivity (Wildman–Crippen MR) is 73.5 cm³/mol. The van der Waals surface area contributed by atoms with Crippen molar-refractivity contribution in [1.82, 2.24) is 14.8 Å². The van der Waals surface area contributed by atoms with Gasteiger partial charge in [-0.25, -0.2) is 4.98 Å². The van der Waals surface area contributed by atoms with Crippen LogP contribution >= 0.6 is 11.3 Å². The maximum Gasteiger partial charge on any atom is 0.390 e. The van der Waals surface area contributed by atoms with Crippen LogP contribution < -0.4 is 5.32 Å². The average molecular weight is 295 g/mol. The molecule has 0 aromatic carbocycles. The Morgan fingerprint density at radius 3 is 2.95 bits per heavy atom. The standard InChI is InChI=1S/C11H13N5O3S/c1-7(10(17)13-11-12-3-4-20-11)6-15-8(2)5-9(14-15)16(18)19/h3-5,7H,6H2,1-2H3,(H,12,13,17)/t7-/m1/s1. The van der Waals surface area contributed by atoms with Crippen molar-refractivity contribution in [2.24, 2.45) is 5.92 Å². The van der Waals surface area contributed by atoms with Gasteiger partial charge < -0.3 is 15.4 Å². The molecule has 0 bridgehead atoms. The highest BCUT2D eigenvalue weighted by Gasteiger charge is 2.21. The molecule has 0 aliphatic heterocycles. The van der Waals surface area contributed by atoms with Crippen molar-refractivity contribution in [3.63, 3.8) is 0 Å². The van der Waals surface area contributed by atoms with E-state index in [4.69, 9.17) is 0 Å². The maximum atomic E-state index is 11.9. The third-order valence-corrected chi connectivity index (χ3v) is 3.40. The summed E-state index contributed by atoms with van der Waals surface area (Å²) >= 11 is 1.33. The van der Waals surface area contributed by atoms with Gasteiger partial charge in [-0.05, 0) is 11.8 Å². The van der Waals surface area contributed by atoms with Gasteiger partial charge >= 0.3 is 5.82 Å². The third kappa shape index (κ3) is 3.18. The molecule has 0 spiro atoms. The smallest absolute Gasteiger partial charge is 0.358 e. The largest absolute Gasteiger partial charge is 0.390 e. The molecule has 2 rings (SSSR count). The van der Waals surface area contributed by atoms with E-state index in [-0.39, 0.29) is 24.2 Å². The molecule has 106 valence electrons. The average Bonchev–Trinajstić information content (AvgIpc) is 3.00. The zero-order chi connectivity index (χ0) is 14.7. The van der Waals surface area contributed by atoms with Gasteiger partial charge in [0.2, 0.25) is 5.91 Å². The molecule has 0 fully saturated rings. The number of nitro groups is 1. The van der Waals surface area contributed by atoms with E-state index in [2.05, 4.69) is 15.4 Å². The molecule has 0 unspecified atom stereocenters. The van der Waals surface area contributed by atoms with E-state index in [1.807, 2.05) is 0 Å². The zero-order valence-corrected chi connectivity index (χ0v) is 11.8. The van der Waals surface area contributed by atoms with Gasteiger partial charge in [-0.1, -0.05) is 6.92 Å². The third-order valence-electron chi connectivity index (χ3n) is 2.71. The molecule has 0 aliphatic rings. The van der Waals surface area contributed by atoms with Crippen molar-refractivity contribution >= 4 is 28.2 Å². The Kier molecular flexibility index (Phi) is 4.08. The van der Waals surface area contributed by atoms with Gasteiger partial charge in [-0.15, -0.1) is 11.3 Å². The normalized spacial score (nSPS) is 12.1. The lowest BCUT2D eigenvalue weighted by molar-refractivity contribution is -0.389. The van der Waals surface area contributed by atoms with Crippen molar-refractivity contribution in [1.29, 1.82) is 0 Å². The molecule has 9 heteroatoms. The van der Waals surface area contributed by atoms with Gasteiger partial charge in [0.05, 0.1) is 29.3 Å². The fraction of sp³-hybridized carbons (Fsp3) is 0.364. The van der Waals surface area contributed by atoms with E-state index in [1.165, 1.54) is 22.1 Å². The van der Waals surface area contributed by atoms with Crippen molar-refractivity contribution in [3.8, 4) is 0 Å². The minimum Gasteiger partial charge on any atom is -0.358 e. The number of nitrogens with one attached hydrogen (secondary N) is 1. The number of carbonyl (C=O) groups excluding carboxylic acids is 1. The second-order valence-electron chi connectivity index (χ2n) is 4.31. The topological polar surface area (TPSA) is 103 Å². The molecule has 1 atom stereocenters. The van der Waals surface area contributed by atoms with Gasteiger partial charge in [0.1, 0.15) is 0 Å². The minimum absolute atomic E-state index is 0.197.